The van der Waals surface area contributed by atoms with Crippen LogP contribution in [-0.4, -0.2) is 15.2 Å². The summed E-state index contributed by atoms with van der Waals surface area (Å²) < 4.78 is 1.81. The van der Waals surface area contributed by atoms with E-state index in [-0.39, 0.29) is 0 Å². The molecule has 0 saturated heterocycles. The molecule has 0 aliphatic heterocycles. The number of nitrogens with zero attached hydrogens (tertiary/aromatic N) is 2. The maximum atomic E-state index is 4.38. The minimum Gasteiger partial charge on any atom is -0.263 e. The molecule has 4 heteroatoms. The van der Waals surface area contributed by atoms with E-state index in [1.165, 1.54) is 0 Å². The van der Waals surface area contributed by atoms with Crippen molar-refractivity contribution in [3.05, 3.63) is 24.3 Å². The molecule has 0 amide bonds. The number of fused-ring (bicyclic) bond motifs is 1. The number of thioether (sulfide) groups is 1. The topological polar surface area (TPSA) is 17.8 Å². The molecule has 0 fully saturated rings. The summed E-state index contributed by atoms with van der Waals surface area (Å²) in [7, 11) is 0. The Balaban J connectivity index is 2.78. The zero-order valence-corrected chi connectivity index (χ0v) is 8.27. The van der Waals surface area contributed by atoms with Crippen molar-refractivity contribution in [2.24, 2.45) is 0 Å². The van der Waals surface area contributed by atoms with Gasteiger partial charge in [0.1, 0.15) is 0 Å². The van der Waals surface area contributed by atoms with Gasteiger partial charge in [-0.15, -0.1) is 0 Å². The van der Waals surface area contributed by atoms with Crippen LogP contribution in [0.15, 0.2) is 29.4 Å². The van der Waals surface area contributed by atoms with Crippen LogP contribution >= 0.6 is 24.6 Å². The van der Waals surface area contributed by atoms with Gasteiger partial charge in [-0.25, -0.2) is 4.98 Å². The van der Waals surface area contributed by atoms with Gasteiger partial charge >= 0.3 is 0 Å². The Labute approximate surface area is 80.5 Å². The minimum atomic E-state index is 0.930. The lowest BCUT2D eigenvalue weighted by molar-refractivity contribution is 1.04. The highest BCUT2D eigenvalue weighted by molar-refractivity contribution is 7.98. The highest BCUT2D eigenvalue weighted by Crippen LogP contribution is 2.22. The van der Waals surface area contributed by atoms with E-state index in [2.05, 4.69) is 17.8 Å². The minimum absolute atomic E-state index is 0.930. The van der Waals surface area contributed by atoms with Crippen molar-refractivity contribution in [1.29, 1.82) is 0 Å². The molecule has 1 aromatic heterocycles. The molecule has 0 unspecified atom stereocenters. The summed E-state index contributed by atoms with van der Waals surface area (Å²) in [5.41, 5.74) is 2.06. The molecule has 0 aliphatic carbocycles. The molecule has 12 heavy (non-hydrogen) atoms. The van der Waals surface area contributed by atoms with Crippen LogP contribution in [-0.2, 0) is 0 Å². The normalized spacial score (nSPS) is 10.8. The first-order valence-electron chi connectivity index (χ1n) is 3.53. The summed E-state index contributed by atoms with van der Waals surface area (Å²) in [4.78, 5) is 4.38. The third-order valence-electron chi connectivity index (χ3n) is 1.69. The van der Waals surface area contributed by atoms with E-state index in [1.54, 1.807) is 15.7 Å². The van der Waals surface area contributed by atoms with Gasteiger partial charge in [0.05, 0.1) is 11.0 Å². The molecule has 0 aliphatic rings. The van der Waals surface area contributed by atoms with Gasteiger partial charge in [0, 0.05) is 0 Å². The lowest BCUT2D eigenvalue weighted by Gasteiger charge is -1.94. The Morgan fingerprint density at radius 1 is 1.42 bits per heavy atom. The van der Waals surface area contributed by atoms with E-state index < -0.39 is 0 Å². The monoisotopic (exact) mass is 196 g/mol. The number of hydrogen-bond acceptors (Lipinski definition) is 3. The number of benzene rings is 1. The van der Waals surface area contributed by atoms with Crippen LogP contribution in [0.5, 0.6) is 0 Å². The molecule has 2 rings (SSSR count). The maximum Gasteiger partial charge on any atom is 0.178 e. The Hall–Kier alpha value is -0.610. The summed E-state index contributed by atoms with van der Waals surface area (Å²) in [6.45, 7) is 0. The fourth-order valence-corrected chi connectivity index (χ4v) is 2.04. The lowest BCUT2D eigenvalue weighted by atomic mass is 10.3. The molecule has 1 heterocycles. The van der Waals surface area contributed by atoms with Crippen LogP contribution in [0.3, 0.4) is 0 Å². The van der Waals surface area contributed by atoms with Gasteiger partial charge in [-0.3, -0.25) is 3.97 Å². The molecule has 0 saturated carbocycles. The van der Waals surface area contributed by atoms with Crippen molar-refractivity contribution in [3.8, 4) is 0 Å². The summed E-state index contributed by atoms with van der Waals surface area (Å²) in [5, 5.41) is 0.930. The van der Waals surface area contributed by atoms with Gasteiger partial charge in [0.2, 0.25) is 0 Å². The summed E-state index contributed by atoms with van der Waals surface area (Å²) >= 11 is 5.93. The first-order valence-corrected chi connectivity index (χ1v) is 5.16. The molecule has 0 atom stereocenters. The van der Waals surface area contributed by atoms with Gasteiger partial charge in [-0.05, 0) is 18.4 Å². The van der Waals surface area contributed by atoms with Crippen LogP contribution < -0.4 is 0 Å². The van der Waals surface area contributed by atoms with Crippen LogP contribution in [0.1, 0.15) is 0 Å². The predicted octanol–water partition coefficient (Wildman–Crippen LogP) is 2.45. The van der Waals surface area contributed by atoms with Crippen LogP contribution in [0.2, 0.25) is 0 Å². The first kappa shape index (κ1) is 8.01. The van der Waals surface area contributed by atoms with Crippen LogP contribution in [0.4, 0.5) is 0 Å². The van der Waals surface area contributed by atoms with E-state index in [4.69, 9.17) is 0 Å². The van der Waals surface area contributed by atoms with Crippen LogP contribution in [0, 0.1) is 0 Å². The Morgan fingerprint density at radius 3 is 2.83 bits per heavy atom. The van der Waals surface area contributed by atoms with Gasteiger partial charge < -0.3 is 0 Å². The quantitative estimate of drug-likeness (QED) is 0.557. The largest absolute Gasteiger partial charge is 0.263 e. The number of imidazole rings is 1. The zero-order chi connectivity index (χ0) is 8.55. The average Bonchev–Trinajstić information content (AvgIpc) is 2.44. The standard InChI is InChI=1S/C8H8N2S2/c1-12-8-9-6-4-2-3-5-7(6)10(8)11/h2-5,11H,1H3. The van der Waals surface area contributed by atoms with Gasteiger partial charge in [0.15, 0.2) is 5.16 Å². The van der Waals surface area contributed by atoms with Gasteiger partial charge in [-0.1, -0.05) is 36.7 Å². The highest BCUT2D eigenvalue weighted by atomic mass is 32.2. The Kier molecular flexibility index (Phi) is 2.02. The molecule has 0 N–H and O–H groups in total. The Morgan fingerprint density at radius 2 is 2.17 bits per heavy atom. The van der Waals surface area contributed by atoms with E-state index in [0.717, 1.165) is 16.2 Å². The summed E-state index contributed by atoms with van der Waals surface area (Å²) in [6, 6.07) is 7.96. The van der Waals surface area contributed by atoms with E-state index in [0.29, 0.717) is 0 Å². The zero-order valence-electron chi connectivity index (χ0n) is 6.56. The number of para-hydroxylation sites is 2. The van der Waals surface area contributed by atoms with E-state index in [9.17, 15) is 0 Å². The van der Waals surface area contributed by atoms with E-state index in [1.807, 2.05) is 30.5 Å². The SMILES string of the molecule is CSc1nc2ccccc2n1S. The highest BCUT2D eigenvalue weighted by Gasteiger charge is 2.04. The first-order chi connectivity index (χ1) is 5.83. The smallest absolute Gasteiger partial charge is 0.178 e. The second-order valence-electron chi connectivity index (χ2n) is 2.40. The maximum absolute atomic E-state index is 4.38. The molecular formula is C8H8N2S2. The number of rotatable bonds is 1. The van der Waals surface area contributed by atoms with Crippen molar-refractivity contribution in [3.63, 3.8) is 0 Å². The third kappa shape index (κ3) is 1.11. The fraction of sp³-hybridized carbons (Fsp3) is 0.125. The van der Waals surface area contributed by atoms with Crippen molar-refractivity contribution >= 4 is 35.6 Å². The van der Waals surface area contributed by atoms with Gasteiger partial charge in [-0.2, -0.15) is 0 Å². The molecule has 2 aromatic rings. The molecule has 0 spiro atoms. The molecule has 1 aromatic carbocycles. The lowest BCUT2D eigenvalue weighted by Crippen LogP contribution is -1.80. The van der Waals surface area contributed by atoms with Crippen molar-refractivity contribution in [2.45, 2.75) is 5.16 Å². The molecule has 62 valence electrons. The van der Waals surface area contributed by atoms with E-state index >= 15 is 0 Å². The molecule has 0 bridgehead atoms. The summed E-state index contributed by atoms with van der Waals surface area (Å²) in [6.07, 6.45) is 1.99. The molecule has 2 nitrogen and oxygen atoms in total. The average molecular weight is 196 g/mol. The number of hydrogen-bond donors (Lipinski definition) is 1. The fourth-order valence-electron chi connectivity index (χ4n) is 1.12. The van der Waals surface area contributed by atoms with Crippen molar-refractivity contribution < 1.29 is 0 Å². The second kappa shape index (κ2) is 3.03. The van der Waals surface area contributed by atoms with Crippen molar-refractivity contribution in [2.75, 3.05) is 6.26 Å². The van der Waals surface area contributed by atoms with Crippen molar-refractivity contribution in [1.82, 2.24) is 8.96 Å². The third-order valence-corrected chi connectivity index (χ3v) is 2.87. The molecule has 0 radical (unpaired) electrons. The predicted molar refractivity (Wildman–Crippen MR) is 55.9 cm³/mol. The molecular weight excluding hydrogens is 188 g/mol. The van der Waals surface area contributed by atoms with Crippen LogP contribution in [0.25, 0.3) is 11.0 Å². The van der Waals surface area contributed by atoms with Gasteiger partial charge in [0.25, 0.3) is 0 Å². The number of thiol groups is 1. The number of aromatic nitrogens is 2. The Bertz CT molecular complexity index is 408. The second-order valence-corrected chi connectivity index (χ2v) is 3.57. The summed E-state index contributed by atoms with van der Waals surface area (Å²) in [5.74, 6) is 0.